The third-order valence-electron chi connectivity index (χ3n) is 8.57. The number of aliphatic hydroxyl groups is 2. The van der Waals surface area contributed by atoms with Gasteiger partial charge in [-0.2, -0.15) is 0 Å². The van der Waals surface area contributed by atoms with Crippen LogP contribution in [0.25, 0.3) is 10.9 Å². The van der Waals surface area contributed by atoms with Gasteiger partial charge in [-0.3, -0.25) is 15.0 Å². The standard InChI is InChI=1S/C28H41N3O5/c1-36-22-7-8-24-23(17-22)26(21(19-32)18-29-24)25(33)9-11-28(27(34)30-35)12-15-31(16-13-28)14-10-20-5-3-2-4-6-20/h7-8,17-18,20,25,32-33,35H,2-6,9-16,19H2,1H3,(H,30,34). The van der Waals surface area contributed by atoms with Gasteiger partial charge in [-0.15, -0.1) is 0 Å². The van der Waals surface area contributed by atoms with Gasteiger partial charge < -0.3 is 19.8 Å². The molecule has 1 atom stereocenters. The minimum atomic E-state index is -0.891. The molecule has 0 bridgehead atoms. The molecule has 1 saturated heterocycles. The lowest BCUT2D eigenvalue weighted by Gasteiger charge is -2.41. The van der Waals surface area contributed by atoms with E-state index < -0.39 is 11.5 Å². The number of ether oxygens (including phenoxy) is 1. The number of hydrogen-bond acceptors (Lipinski definition) is 7. The molecule has 36 heavy (non-hydrogen) atoms. The molecule has 2 aliphatic rings. The van der Waals surface area contributed by atoms with E-state index in [1.807, 2.05) is 23.7 Å². The largest absolute Gasteiger partial charge is 0.497 e. The van der Waals surface area contributed by atoms with E-state index in [9.17, 15) is 20.2 Å². The zero-order valence-corrected chi connectivity index (χ0v) is 21.4. The van der Waals surface area contributed by atoms with Gasteiger partial charge in [-0.1, -0.05) is 32.1 Å². The van der Waals surface area contributed by atoms with Gasteiger partial charge in [-0.25, -0.2) is 5.48 Å². The highest BCUT2D eigenvalue weighted by Gasteiger charge is 2.41. The van der Waals surface area contributed by atoms with Crippen molar-refractivity contribution in [2.24, 2.45) is 11.3 Å². The molecule has 1 aromatic carbocycles. The Morgan fingerprint density at radius 1 is 1.25 bits per heavy atom. The van der Waals surface area contributed by atoms with Gasteiger partial charge in [0.25, 0.3) is 0 Å². The third-order valence-corrected chi connectivity index (χ3v) is 8.57. The maximum absolute atomic E-state index is 12.8. The Balaban J connectivity index is 1.44. The van der Waals surface area contributed by atoms with Crippen molar-refractivity contribution in [1.29, 1.82) is 0 Å². The number of nitrogens with one attached hydrogen (secondary N) is 1. The molecular formula is C28H41N3O5. The first kappa shape index (κ1) is 26.8. The van der Waals surface area contributed by atoms with E-state index in [1.165, 1.54) is 38.5 Å². The van der Waals surface area contributed by atoms with Crippen molar-refractivity contribution in [2.75, 3.05) is 26.7 Å². The smallest absolute Gasteiger partial charge is 0.249 e. The number of carbonyl (C=O) groups is 1. The SMILES string of the molecule is COc1ccc2ncc(CO)c(C(O)CCC3(C(=O)NO)CCN(CCC4CCCCC4)CC3)c2c1. The number of hydroxylamine groups is 1. The zero-order chi connectivity index (χ0) is 25.5. The van der Waals surface area contributed by atoms with Crippen LogP contribution in [0.2, 0.25) is 0 Å². The van der Waals surface area contributed by atoms with Crippen molar-refractivity contribution < 1.29 is 25.0 Å². The Hall–Kier alpha value is -2.26. The summed E-state index contributed by atoms with van der Waals surface area (Å²) < 4.78 is 5.36. The zero-order valence-electron chi connectivity index (χ0n) is 21.4. The fourth-order valence-corrected chi connectivity index (χ4v) is 6.19. The molecule has 8 heteroatoms. The minimum Gasteiger partial charge on any atom is -0.497 e. The maximum Gasteiger partial charge on any atom is 0.249 e. The number of likely N-dealkylation sites (tertiary alicyclic amines) is 1. The van der Waals surface area contributed by atoms with Crippen molar-refractivity contribution in [3.8, 4) is 5.75 Å². The highest BCUT2D eigenvalue weighted by atomic mass is 16.5. The van der Waals surface area contributed by atoms with Gasteiger partial charge >= 0.3 is 0 Å². The molecule has 1 amide bonds. The van der Waals surface area contributed by atoms with Crippen LogP contribution in [-0.2, 0) is 11.4 Å². The molecule has 0 spiro atoms. The first-order valence-electron chi connectivity index (χ1n) is 13.4. The number of rotatable bonds is 10. The second-order valence-electron chi connectivity index (χ2n) is 10.6. The highest BCUT2D eigenvalue weighted by molar-refractivity contribution is 5.85. The van der Waals surface area contributed by atoms with Crippen LogP contribution in [0.15, 0.2) is 24.4 Å². The highest BCUT2D eigenvalue weighted by Crippen LogP contribution is 2.40. The summed E-state index contributed by atoms with van der Waals surface area (Å²) in [6, 6.07) is 5.46. The van der Waals surface area contributed by atoms with Crippen LogP contribution in [0.1, 0.15) is 81.4 Å². The molecule has 2 aromatic rings. The van der Waals surface area contributed by atoms with E-state index >= 15 is 0 Å². The number of aliphatic hydroxyl groups excluding tert-OH is 2. The molecule has 2 fully saturated rings. The lowest BCUT2D eigenvalue weighted by Crippen LogP contribution is -2.48. The van der Waals surface area contributed by atoms with Crippen molar-refractivity contribution in [1.82, 2.24) is 15.4 Å². The summed E-state index contributed by atoms with van der Waals surface area (Å²) >= 11 is 0. The van der Waals surface area contributed by atoms with E-state index in [2.05, 4.69) is 9.88 Å². The molecule has 1 aliphatic heterocycles. The van der Waals surface area contributed by atoms with Crippen LogP contribution in [-0.4, -0.2) is 58.0 Å². The second kappa shape index (κ2) is 12.3. The summed E-state index contributed by atoms with van der Waals surface area (Å²) in [4.78, 5) is 19.7. The lowest BCUT2D eigenvalue weighted by atomic mass is 9.73. The Bertz CT molecular complexity index is 1010. The van der Waals surface area contributed by atoms with Gasteiger partial charge in [0.05, 0.1) is 30.8 Å². The molecule has 1 saturated carbocycles. The van der Waals surface area contributed by atoms with Crippen molar-refractivity contribution in [3.05, 3.63) is 35.5 Å². The molecule has 1 aliphatic carbocycles. The second-order valence-corrected chi connectivity index (χ2v) is 10.6. The van der Waals surface area contributed by atoms with E-state index in [4.69, 9.17) is 4.74 Å². The molecule has 2 heterocycles. The molecule has 8 nitrogen and oxygen atoms in total. The summed E-state index contributed by atoms with van der Waals surface area (Å²) in [5.41, 5.74) is 3.05. The quantitative estimate of drug-likeness (QED) is 0.287. The average Bonchev–Trinajstić information content (AvgIpc) is 2.94. The van der Waals surface area contributed by atoms with E-state index in [1.54, 1.807) is 13.3 Å². The number of methoxy groups -OCH3 is 1. The van der Waals surface area contributed by atoms with Crippen molar-refractivity contribution in [2.45, 2.75) is 76.9 Å². The number of hydrogen-bond donors (Lipinski definition) is 4. The van der Waals surface area contributed by atoms with Gasteiger partial charge in [0.1, 0.15) is 5.75 Å². The van der Waals surface area contributed by atoms with Crippen LogP contribution in [0.5, 0.6) is 5.75 Å². The number of pyridine rings is 1. The fraction of sp³-hybridized carbons (Fsp3) is 0.643. The number of benzene rings is 1. The molecule has 0 radical (unpaired) electrons. The summed E-state index contributed by atoms with van der Waals surface area (Å²) in [7, 11) is 1.58. The Labute approximate surface area is 213 Å². The number of piperidine rings is 1. The monoisotopic (exact) mass is 499 g/mol. The van der Waals surface area contributed by atoms with E-state index in [-0.39, 0.29) is 12.5 Å². The van der Waals surface area contributed by atoms with Gasteiger partial charge in [0.2, 0.25) is 5.91 Å². The van der Waals surface area contributed by atoms with E-state index in [0.717, 1.165) is 30.9 Å². The molecular weight excluding hydrogens is 458 g/mol. The molecule has 1 aromatic heterocycles. The Kier molecular flexibility index (Phi) is 9.17. The molecule has 1 unspecified atom stereocenters. The molecule has 4 rings (SSSR count). The minimum absolute atomic E-state index is 0.245. The summed E-state index contributed by atoms with van der Waals surface area (Å²) in [5, 5.41) is 31.5. The van der Waals surface area contributed by atoms with Crippen LogP contribution in [0.3, 0.4) is 0 Å². The first-order valence-corrected chi connectivity index (χ1v) is 13.4. The Morgan fingerprint density at radius 2 is 2.00 bits per heavy atom. The number of carbonyl (C=O) groups excluding carboxylic acids is 1. The Morgan fingerprint density at radius 3 is 2.67 bits per heavy atom. The topological polar surface area (TPSA) is 115 Å². The van der Waals surface area contributed by atoms with Gasteiger partial charge in [0.15, 0.2) is 0 Å². The lowest BCUT2D eigenvalue weighted by molar-refractivity contribution is -0.143. The normalized spacial score (nSPS) is 19.8. The molecule has 198 valence electrons. The van der Waals surface area contributed by atoms with E-state index in [0.29, 0.717) is 48.1 Å². The van der Waals surface area contributed by atoms with Crippen LogP contribution < -0.4 is 10.2 Å². The van der Waals surface area contributed by atoms with Crippen molar-refractivity contribution >= 4 is 16.8 Å². The predicted molar refractivity (Wildman–Crippen MR) is 138 cm³/mol. The first-order chi connectivity index (χ1) is 17.5. The number of nitrogens with zero attached hydrogens (tertiary/aromatic N) is 2. The third kappa shape index (κ3) is 5.99. The summed E-state index contributed by atoms with van der Waals surface area (Å²) in [6.45, 7) is 2.45. The predicted octanol–water partition coefficient (Wildman–Crippen LogP) is 4.11. The number of aromatic nitrogens is 1. The summed E-state index contributed by atoms with van der Waals surface area (Å²) in [5.74, 6) is 1.10. The average molecular weight is 500 g/mol. The van der Waals surface area contributed by atoms with Gasteiger partial charge in [0, 0.05) is 17.1 Å². The van der Waals surface area contributed by atoms with Crippen molar-refractivity contribution in [3.63, 3.8) is 0 Å². The fourth-order valence-electron chi connectivity index (χ4n) is 6.19. The number of amides is 1. The van der Waals surface area contributed by atoms with Crippen LogP contribution in [0, 0.1) is 11.3 Å². The maximum atomic E-state index is 12.8. The summed E-state index contributed by atoms with van der Waals surface area (Å²) in [6.07, 6.45) is 10.7. The van der Waals surface area contributed by atoms with Crippen LogP contribution >= 0.6 is 0 Å². The van der Waals surface area contributed by atoms with Crippen LogP contribution in [0.4, 0.5) is 0 Å². The molecule has 4 N–H and O–H groups in total. The number of fused-ring (bicyclic) bond motifs is 1. The van der Waals surface area contributed by atoms with Gasteiger partial charge in [-0.05, 0) is 81.4 Å².